The van der Waals surface area contributed by atoms with Crippen LogP contribution in [0.2, 0.25) is 0 Å². The molecule has 122 valence electrons. The van der Waals surface area contributed by atoms with Crippen LogP contribution in [0, 0.1) is 0 Å². The number of hydrogen-bond acceptors (Lipinski definition) is 0. The van der Waals surface area contributed by atoms with Gasteiger partial charge < -0.3 is 0 Å². The molecule has 0 aromatic heterocycles. The maximum atomic E-state index is 2.33. The summed E-state index contributed by atoms with van der Waals surface area (Å²) in [7, 11) is 0. The van der Waals surface area contributed by atoms with E-state index in [0.717, 1.165) is 6.42 Å². The van der Waals surface area contributed by atoms with Crippen LogP contribution in [0.3, 0.4) is 0 Å². The molecule has 0 nitrogen and oxygen atoms in total. The van der Waals surface area contributed by atoms with Crippen molar-refractivity contribution in [3.63, 3.8) is 0 Å². The summed E-state index contributed by atoms with van der Waals surface area (Å²) in [5, 5.41) is 2.73. The molecule has 3 heteroatoms. The van der Waals surface area contributed by atoms with Gasteiger partial charge in [0.05, 0.1) is 0 Å². The van der Waals surface area contributed by atoms with Gasteiger partial charge in [-0.25, -0.2) is 0 Å². The molecule has 0 aliphatic heterocycles. The Kier molecular flexibility index (Phi) is 9.52. The molecule has 0 aliphatic rings. The summed E-state index contributed by atoms with van der Waals surface area (Å²) in [6.07, 6.45) is 1.10. The van der Waals surface area contributed by atoms with Crippen LogP contribution in [-0.4, -0.2) is 0 Å². The van der Waals surface area contributed by atoms with E-state index in [1.54, 1.807) is 0 Å². The van der Waals surface area contributed by atoms with Gasteiger partial charge >= 0.3 is 0 Å². The van der Waals surface area contributed by atoms with Gasteiger partial charge in [0.25, 0.3) is 0 Å². The number of benzene rings is 2. The van der Waals surface area contributed by atoms with Gasteiger partial charge in [-0.15, -0.1) is 59.3 Å². The molecule has 0 saturated carbocycles. The van der Waals surface area contributed by atoms with Crippen molar-refractivity contribution in [3.8, 4) is 11.1 Å². The smallest absolute Gasteiger partial charge is 0 e. The summed E-state index contributed by atoms with van der Waals surface area (Å²) < 4.78 is 0. The van der Waals surface area contributed by atoms with Crippen LogP contribution in [0.15, 0.2) is 54.6 Å². The standard InChI is InChI=1S/C20H21.2ClH.Zr/c1-4-15-12-18-6-5-7-19(20(18)13-15)17-10-8-16(9-11-17)14(2)3;;;/h5-14H,4H2,1-3H3;2*1H;/q-1;;;. The van der Waals surface area contributed by atoms with Crippen molar-refractivity contribution in [2.45, 2.75) is 33.1 Å². The number of rotatable bonds is 3. The minimum absolute atomic E-state index is 0. The first-order chi connectivity index (χ1) is 9.69. The molecule has 0 spiro atoms. The molecule has 0 aliphatic carbocycles. The molecule has 0 amide bonds. The normalized spacial score (nSPS) is 9.91. The monoisotopic (exact) mass is 423 g/mol. The number of fused-ring (bicyclic) bond motifs is 1. The van der Waals surface area contributed by atoms with Gasteiger partial charge in [-0.05, 0) is 23.5 Å². The first kappa shape index (κ1) is 22.5. The number of aryl methyl sites for hydroxylation is 1. The summed E-state index contributed by atoms with van der Waals surface area (Å²) >= 11 is 0. The molecule has 3 rings (SSSR count). The van der Waals surface area contributed by atoms with Gasteiger partial charge in [0, 0.05) is 26.2 Å². The van der Waals surface area contributed by atoms with E-state index < -0.39 is 0 Å². The molecule has 0 heterocycles. The van der Waals surface area contributed by atoms with E-state index >= 15 is 0 Å². The van der Waals surface area contributed by atoms with Crippen LogP contribution < -0.4 is 0 Å². The van der Waals surface area contributed by atoms with E-state index in [4.69, 9.17) is 0 Å². The quantitative estimate of drug-likeness (QED) is 0.407. The minimum atomic E-state index is 0. The number of halogens is 2. The zero-order valence-corrected chi connectivity index (χ0v) is 17.9. The topological polar surface area (TPSA) is 0 Å². The molecular formula is C20H23Cl2Zr-. The predicted molar refractivity (Wildman–Crippen MR) is 103 cm³/mol. The second kappa shape index (κ2) is 9.72. The van der Waals surface area contributed by atoms with Gasteiger partial charge in [-0.1, -0.05) is 56.7 Å². The summed E-state index contributed by atoms with van der Waals surface area (Å²) in [4.78, 5) is 0. The molecule has 23 heavy (non-hydrogen) atoms. The van der Waals surface area contributed by atoms with E-state index in [2.05, 4.69) is 75.4 Å². The zero-order valence-electron chi connectivity index (χ0n) is 13.8. The molecular weight excluding hydrogens is 402 g/mol. The molecule has 0 bridgehead atoms. The molecule has 3 aromatic rings. The van der Waals surface area contributed by atoms with Gasteiger partial charge in [0.15, 0.2) is 0 Å². The predicted octanol–water partition coefficient (Wildman–Crippen LogP) is 6.75. The Morgan fingerprint density at radius 2 is 1.61 bits per heavy atom. The molecule has 3 aromatic carbocycles. The fourth-order valence-electron chi connectivity index (χ4n) is 2.80. The van der Waals surface area contributed by atoms with Crippen molar-refractivity contribution < 1.29 is 26.2 Å². The van der Waals surface area contributed by atoms with Gasteiger partial charge in [-0.3, -0.25) is 0 Å². The molecule has 0 radical (unpaired) electrons. The van der Waals surface area contributed by atoms with E-state index in [-0.39, 0.29) is 51.0 Å². The fourth-order valence-corrected chi connectivity index (χ4v) is 2.80. The minimum Gasteiger partial charge on any atom is -0.164 e. The fraction of sp³-hybridized carbons (Fsp3) is 0.250. The summed E-state index contributed by atoms with van der Waals surface area (Å²) in [5.41, 5.74) is 5.48. The second-order valence-electron chi connectivity index (χ2n) is 5.80. The van der Waals surface area contributed by atoms with E-state index in [0.29, 0.717) is 5.92 Å². The first-order valence-corrected chi connectivity index (χ1v) is 7.47. The van der Waals surface area contributed by atoms with Crippen molar-refractivity contribution >= 4 is 35.6 Å². The first-order valence-electron chi connectivity index (χ1n) is 7.47. The molecule has 0 fully saturated rings. The molecule has 0 atom stereocenters. The summed E-state index contributed by atoms with van der Waals surface area (Å²) in [6, 6.07) is 20.2. The zero-order chi connectivity index (χ0) is 14.1. The number of hydrogen-bond donors (Lipinski definition) is 0. The van der Waals surface area contributed by atoms with E-state index in [1.165, 1.54) is 33.0 Å². The van der Waals surface area contributed by atoms with Crippen LogP contribution in [0.5, 0.6) is 0 Å². The third-order valence-corrected chi connectivity index (χ3v) is 4.11. The third kappa shape index (κ3) is 4.75. The molecule has 0 saturated heterocycles. The van der Waals surface area contributed by atoms with Crippen LogP contribution in [0.25, 0.3) is 21.9 Å². The van der Waals surface area contributed by atoms with Gasteiger partial charge in [-0.2, -0.15) is 6.07 Å². The Bertz CT molecular complexity index is 727. The van der Waals surface area contributed by atoms with Crippen molar-refractivity contribution in [2.24, 2.45) is 0 Å². The van der Waals surface area contributed by atoms with E-state index in [9.17, 15) is 0 Å². The Labute approximate surface area is 171 Å². The van der Waals surface area contributed by atoms with Gasteiger partial charge in [0.2, 0.25) is 0 Å². The largest absolute Gasteiger partial charge is 0.164 e. The Balaban J connectivity index is 0.00000161. The van der Waals surface area contributed by atoms with Crippen LogP contribution in [0.1, 0.15) is 37.8 Å². The van der Waals surface area contributed by atoms with Crippen molar-refractivity contribution in [2.75, 3.05) is 0 Å². The third-order valence-electron chi connectivity index (χ3n) is 4.11. The summed E-state index contributed by atoms with van der Waals surface area (Å²) in [6.45, 7) is 6.69. The Morgan fingerprint density at radius 3 is 2.17 bits per heavy atom. The van der Waals surface area contributed by atoms with Crippen LogP contribution in [0.4, 0.5) is 0 Å². The second-order valence-corrected chi connectivity index (χ2v) is 5.80. The van der Waals surface area contributed by atoms with E-state index in [1.807, 2.05) is 0 Å². The maximum absolute atomic E-state index is 2.33. The molecule has 0 N–H and O–H groups in total. The van der Waals surface area contributed by atoms with Gasteiger partial charge in [0.1, 0.15) is 0 Å². The van der Waals surface area contributed by atoms with Crippen molar-refractivity contribution in [1.82, 2.24) is 0 Å². The maximum Gasteiger partial charge on any atom is 0 e. The van der Waals surface area contributed by atoms with Crippen molar-refractivity contribution in [1.29, 1.82) is 0 Å². The Morgan fingerprint density at radius 1 is 0.957 bits per heavy atom. The SMILES string of the molecule is CCc1cc2c(-c3ccc(C(C)C)cc3)cccc2[cH-]1.Cl.Cl.[Zr]. The van der Waals surface area contributed by atoms with Crippen LogP contribution in [-0.2, 0) is 32.6 Å². The van der Waals surface area contributed by atoms with Crippen LogP contribution >= 0.6 is 24.8 Å². The Hall–Kier alpha value is -0.487. The average molecular weight is 426 g/mol. The molecule has 0 unspecified atom stereocenters. The summed E-state index contributed by atoms with van der Waals surface area (Å²) in [5.74, 6) is 0.588. The average Bonchev–Trinajstić information content (AvgIpc) is 2.90. The van der Waals surface area contributed by atoms with Crippen molar-refractivity contribution in [3.05, 3.63) is 65.7 Å².